The van der Waals surface area contributed by atoms with Crippen molar-refractivity contribution in [2.75, 3.05) is 6.61 Å². The fourth-order valence-corrected chi connectivity index (χ4v) is 1.75. The Bertz CT molecular complexity index is 424. The Hall–Kier alpha value is -1.62. The lowest BCUT2D eigenvalue weighted by Crippen LogP contribution is -2.35. The number of carbonyl (C=O) groups is 1. The van der Waals surface area contributed by atoms with E-state index in [0.29, 0.717) is 11.3 Å². The van der Waals surface area contributed by atoms with Crippen LogP contribution >= 0.6 is 0 Å². The van der Waals surface area contributed by atoms with E-state index in [1.54, 1.807) is 12.1 Å². The van der Waals surface area contributed by atoms with Crippen molar-refractivity contribution in [3.8, 4) is 5.75 Å². The van der Waals surface area contributed by atoms with E-state index >= 15 is 0 Å². The molecule has 0 aliphatic rings. The maximum Gasteiger partial charge on any atom is 0.258 e. The Morgan fingerprint density at radius 1 is 1.53 bits per heavy atom. The molecule has 0 aromatic heterocycles. The van der Waals surface area contributed by atoms with Gasteiger partial charge in [0.25, 0.3) is 5.91 Å². The van der Waals surface area contributed by atoms with Crippen LogP contribution < -0.4 is 15.8 Å². The first-order chi connectivity index (χ1) is 9.06. The standard InChI is InChI=1S/C14H21FN2O2/c1-3-4-10(2)17-14(18)9-19-12-6-5-11(8-16)13(15)7-12/h5-7,10H,3-4,8-9,16H2,1-2H3,(H,17,18). The van der Waals surface area contributed by atoms with E-state index in [1.807, 2.05) is 6.92 Å². The van der Waals surface area contributed by atoms with E-state index in [4.69, 9.17) is 10.5 Å². The highest BCUT2D eigenvalue weighted by molar-refractivity contribution is 5.77. The SMILES string of the molecule is CCCC(C)NC(=O)COc1ccc(CN)c(F)c1. The average Bonchev–Trinajstić information content (AvgIpc) is 2.36. The monoisotopic (exact) mass is 268 g/mol. The molecule has 19 heavy (non-hydrogen) atoms. The molecule has 1 aromatic rings. The number of hydrogen-bond acceptors (Lipinski definition) is 3. The lowest BCUT2D eigenvalue weighted by molar-refractivity contribution is -0.123. The molecule has 0 saturated carbocycles. The smallest absolute Gasteiger partial charge is 0.258 e. The average molecular weight is 268 g/mol. The first-order valence-corrected chi connectivity index (χ1v) is 6.47. The summed E-state index contributed by atoms with van der Waals surface area (Å²) in [7, 11) is 0. The van der Waals surface area contributed by atoms with Crippen LogP contribution in [0.4, 0.5) is 4.39 Å². The van der Waals surface area contributed by atoms with Crippen LogP contribution in [0.25, 0.3) is 0 Å². The fraction of sp³-hybridized carbons (Fsp3) is 0.500. The molecule has 3 N–H and O–H groups in total. The van der Waals surface area contributed by atoms with Crippen molar-refractivity contribution in [2.45, 2.75) is 39.3 Å². The predicted octanol–water partition coefficient (Wildman–Crippen LogP) is 1.97. The van der Waals surface area contributed by atoms with Gasteiger partial charge in [0.2, 0.25) is 0 Å². The van der Waals surface area contributed by atoms with Gasteiger partial charge < -0.3 is 15.8 Å². The molecule has 0 spiro atoms. The number of carbonyl (C=O) groups excluding carboxylic acids is 1. The van der Waals surface area contributed by atoms with Crippen LogP contribution in [0.3, 0.4) is 0 Å². The number of rotatable bonds is 7. The van der Waals surface area contributed by atoms with Gasteiger partial charge in [-0.2, -0.15) is 0 Å². The third kappa shape index (κ3) is 5.26. The van der Waals surface area contributed by atoms with Crippen molar-refractivity contribution in [1.29, 1.82) is 0 Å². The minimum absolute atomic E-state index is 0.116. The first-order valence-electron chi connectivity index (χ1n) is 6.47. The zero-order valence-corrected chi connectivity index (χ0v) is 11.4. The molecule has 1 aromatic carbocycles. The third-order valence-electron chi connectivity index (χ3n) is 2.74. The number of nitrogens with two attached hydrogens (primary N) is 1. The molecule has 0 bridgehead atoms. The lowest BCUT2D eigenvalue weighted by Gasteiger charge is -2.13. The summed E-state index contributed by atoms with van der Waals surface area (Å²) in [6, 6.07) is 4.53. The molecule has 1 atom stereocenters. The van der Waals surface area contributed by atoms with Crippen LogP contribution in [0.15, 0.2) is 18.2 Å². The molecule has 4 nitrogen and oxygen atoms in total. The highest BCUT2D eigenvalue weighted by Crippen LogP contribution is 2.16. The van der Waals surface area contributed by atoms with Crippen LogP contribution in [0.5, 0.6) is 5.75 Å². The molecule has 0 heterocycles. The van der Waals surface area contributed by atoms with Crippen LogP contribution in [0.1, 0.15) is 32.3 Å². The van der Waals surface area contributed by atoms with Gasteiger partial charge in [0.1, 0.15) is 11.6 Å². The second-order valence-corrected chi connectivity index (χ2v) is 4.50. The Morgan fingerprint density at radius 2 is 2.26 bits per heavy atom. The van der Waals surface area contributed by atoms with Crippen molar-refractivity contribution in [3.63, 3.8) is 0 Å². The lowest BCUT2D eigenvalue weighted by atomic mass is 10.2. The maximum atomic E-state index is 13.4. The highest BCUT2D eigenvalue weighted by Gasteiger charge is 2.08. The Morgan fingerprint density at radius 3 is 2.84 bits per heavy atom. The van der Waals surface area contributed by atoms with Gasteiger partial charge in [0, 0.05) is 24.2 Å². The minimum atomic E-state index is -0.417. The minimum Gasteiger partial charge on any atom is -0.484 e. The van der Waals surface area contributed by atoms with Crippen molar-refractivity contribution >= 4 is 5.91 Å². The summed E-state index contributed by atoms with van der Waals surface area (Å²) < 4.78 is 18.7. The molecule has 1 unspecified atom stereocenters. The summed E-state index contributed by atoms with van der Waals surface area (Å²) >= 11 is 0. The summed E-state index contributed by atoms with van der Waals surface area (Å²) in [6.45, 7) is 4.02. The van der Waals surface area contributed by atoms with E-state index in [-0.39, 0.29) is 25.1 Å². The summed E-state index contributed by atoms with van der Waals surface area (Å²) in [6.07, 6.45) is 1.93. The molecule has 0 saturated heterocycles. The number of nitrogens with one attached hydrogen (secondary N) is 1. The Labute approximate surface area is 113 Å². The second kappa shape index (κ2) is 7.74. The number of benzene rings is 1. The summed E-state index contributed by atoms with van der Waals surface area (Å²) in [5, 5.41) is 2.81. The zero-order chi connectivity index (χ0) is 14.3. The Balaban J connectivity index is 2.44. The van der Waals surface area contributed by atoms with Gasteiger partial charge in [-0.05, 0) is 19.4 Å². The number of hydrogen-bond donors (Lipinski definition) is 2. The fourth-order valence-electron chi connectivity index (χ4n) is 1.75. The molecule has 0 aliphatic carbocycles. The van der Waals surface area contributed by atoms with Gasteiger partial charge in [-0.1, -0.05) is 19.4 Å². The number of halogens is 1. The molecule has 106 valence electrons. The van der Waals surface area contributed by atoms with Crippen LogP contribution in [-0.4, -0.2) is 18.6 Å². The quantitative estimate of drug-likeness (QED) is 0.794. The molecule has 0 aliphatic heterocycles. The predicted molar refractivity (Wildman–Crippen MR) is 72.3 cm³/mol. The molecular weight excluding hydrogens is 247 g/mol. The topological polar surface area (TPSA) is 64.3 Å². The first kappa shape index (κ1) is 15.4. The van der Waals surface area contributed by atoms with Gasteiger partial charge in [-0.15, -0.1) is 0 Å². The zero-order valence-electron chi connectivity index (χ0n) is 11.4. The summed E-state index contributed by atoms with van der Waals surface area (Å²) in [4.78, 5) is 11.6. The highest BCUT2D eigenvalue weighted by atomic mass is 19.1. The molecule has 1 rings (SSSR count). The van der Waals surface area contributed by atoms with Gasteiger partial charge in [0.05, 0.1) is 0 Å². The van der Waals surface area contributed by atoms with Crippen molar-refractivity contribution in [3.05, 3.63) is 29.6 Å². The summed E-state index contributed by atoms with van der Waals surface area (Å²) in [5.41, 5.74) is 5.79. The molecule has 0 fully saturated rings. The number of amides is 1. The van der Waals surface area contributed by atoms with Crippen LogP contribution in [-0.2, 0) is 11.3 Å². The van der Waals surface area contributed by atoms with Crippen molar-refractivity contribution < 1.29 is 13.9 Å². The van der Waals surface area contributed by atoms with Crippen LogP contribution in [0, 0.1) is 5.82 Å². The van der Waals surface area contributed by atoms with Crippen molar-refractivity contribution in [1.82, 2.24) is 5.32 Å². The van der Waals surface area contributed by atoms with Gasteiger partial charge in [-0.25, -0.2) is 4.39 Å². The number of ether oxygens (including phenoxy) is 1. The van der Waals surface area contributed by atoms with E-state index < -0.39 is 5.82 Å². The molecular formula is C14H21FN2O2. The third-order valence-corrected chi connectivity index (χ3v) is 2.74. The molecule has 0 radical (unpaired) electrons. The maximum absolute atomic E-state index is 13.4. The van der Waals surface area contributed by atoms with Gasteiger partial charge >= 0.3 is 0 Å². The summed E-state index contributed by atoms with van der Waals surface area (Å²) in [5.74, 6) is -0.294. The van der Waals surface area contributed by atoms with E-state index in [9.17, 15) is 9.18 Å². The second-order valence-electron chi connectivity index (χ2n) is 4.50. The largest absolute Gasteiger partial charge is 0.484 e. The van der Waals surface area contributed by atoms with Gasteiger partial charge in [-0.3, -0.25) is 4.79 Å². The van der Waals surface area contributed by atoms with E-state index in [2.05, 4.69) is 12.2 Å². The molecule has 1 amide bonds. The normalized spacial score (nSPS) is 12.0. The van der Waals surface area contributed by atoms with Crippen molar-refractivity contribution in [2.24, 2.45) is 5.73 Å². The van der Waals surface area contributed by atoms with E-state index in [1.165, 1.54) is 6.07 Å². The van der Waals surface area contributed by atoms with E-state index in [0.717, 1.165) is 12.8 Å². The van der Waals surface area contributed by atoms with Crippen LogP contribution in [0.2, 0.25) is 0 Å². The van der Waals surface area contributed by atoms with Gasteiger partial charge in [0.15, 0.2) is 6.61 Å². The molecule has 5 heteroatoms. The Kier molecular flexibility index (Phi) is 6.29.